The van der Waals surface area contributed by atoms with Gasteiger partial charge in [0.05, 0.1) is 12.7 Å². The maximum absolute atomic E-state index is 12.0. The van der Waals surface area contributed by atoms with Crippen LogP contribution in [0, 0.1) is 0 Å². The van der Waals surface area contributed by atoms with Crippen molar-refractivity contribution in [3.63, 3.8) is 0 Å². The molecule has 1 saturated heterocycles. The standard InChI is InChI=1S/C20H23BrN2O3/c21-17-7-4-8-18(11-17)26-15-20(24)22-12-19-14-23(9-10-25-19)13-16-5-2-1-3-6-16/h1-8,11,19H,9-10,12-15H2,(H,22,24)/t19-/m0/s1. The Kier molecular flexibility index (Phi) is 7.05. The molecule has 3 rings (SSSR count). The number of hydrogen-bond acceptors (Lipinski definition) is 4. The van der Waals surface area contributed by atoms with Gasteiger partial charge in [0.25, 0.3) is 5.91 Å². The molecule has 1 atom stereocenters. The van der Waals surface area contributed by atoms with Crippen LogP contribution in [0.4, 0.5) is 0 Å². The zero-order chi connectivity index (χ0) is 18.2. The highest BCUT2D eigenvalue weighted by Crippen LogP contribution is 2.17. The molecule has 26 heavy (non-hydrogen) atoms. The molecule has 0 radical (unpaired) electrons. The first-order chi connectivity index (χ1) is 12.7. The predicted octanol–water partition coefficient (Wildman–Crippen LogP) is 2.85. The minimum atomic E-state index is -0.145. The van der Waals surface area contributed by atoms with Crippen molar-refractivity contribution in [1.29, 1.82) is 0 Å². The second-order valence-corrected chi connectivity index (χ2v) is 7.18. The Morgan fingerprint density at radius 2 is 2.08 bits per heavy atom. The predicted molar refractivity (Wildman–Crippen MR) is 104 cm³/mol. The van der Waals surface area contributed by atoms with Crippen LogP contribution in [-0.2, 0) is 16.1 Å². The number of ether oxygens (including phenoxy) is 2. The number of morpholine rings is 1. The van der Waals surface area contributed by atoms with Crippen LogP contribution in [-0.4, -0.2) is 49.8 Å². The zero-order valence-corrected chi connectivity index (χ0v) is 16.2. The molecule has 0 bridgehead atoms. The number of nitrogens with one attached hydrogen (secondary N) is 1. The normalized spacial score (nSPS) is 17.7. The molecule has 6 heteroatoms. The SMILES string of the molecule is O=C(COc1cccc(Br)c1)NC[C@H]1CN(Cc2ccccc2)CCO1. The van der Waals surface area contributed by atoms with Gasteiger partial charge in [-0.25, -0.2) is 0 Å². The average Bonchev–Trinajstić information content (AvgIpc) is 2.66. The molecule has 1 aliphatic rings. The van der Waals surface area contributed by atoms with Gasteiger partial charge in [-0.2, -0.15) is 0 Å². The molecule has 2 aromatic carbocycles. The molecule has 5 nitrogen and oxygen atoms in total. The summed E-state index contributed by atoms with van der Waals surface area (Å²) in [5.74, 6) is 0.520. The summed E-state index contributed by atoms with van der Waals surface area (Å²) in [6.07, 6.45) is 0.00211. The lowest BCUT2D eigenvalue weighted by Crippen LogP contribution is -2.47. The topological polar surface area (TPSA) is 50.8 Å². The highest BCUT2D eigenvalue weighted by Gasteiger charge is 2.21. The quantitative estimate of drug-likeness (QED) is 0.750. The van der Waals surface area contributed by atoms with E-state index >= 15 is 0 Å². The molecule has 0 saturated carbocycles. The zero-order valence-electron chi connectivity index (χ0n) is 14.6. The van der Waals surface area contributed by atoms with E-state index in [1.54, 1.807) is 0 Å². The first-order valence-electron chi connectivity index (χ1n) is 8.72. The van der Waals surface area contributed by atoms with Gasteiger partial charge in [0.1, 0.15) is 5.75 Å². The third-order valence-electron chi connectivity index (χ3n) is 4.16. The van der Waals surface area contributed by atoms with Crippen molar-refractivity contribution >= 4 is 21.8 Å². The first kappa shape index (κ1) is 18.9. The van der Waals surface area contributed by atoms with Crippen molar-refractivity contribution in [1.82, 2.24) is 10.2 Å². The largest absolute Gasteiger partial charge is 0.484 e. The van der Waals surface area contributed by atoms with Crippen LogP contribution in [0.3, 0.4) is 0 Å². The fraction of sp³-hybridized carbons (Fsp3) is 0.350. The van der Waals surface area contributed by atoms with E-state index in [2.05, 4.69) is 50.4 Å². The van der Waals surface area contributed by atoms with Crippen molar-refractivity contribution in [3.05, 3.63) is 64.6 Å². The lowest BCUT2D eigenvalue weighted by atomic mass is 10.2. The molecule has 0 aliphatic carbocycles. The minimum absolute atomic E-state index is 0.00211. The molecular weight excluding hydrogens is 396 g/mol. The van der Waals surface area contributed by atoms with Gasteiger partial charge < -0.3 is 14.8 Å². The van der Waals surface area contributed by atoms with Crippen molar-refractivity contribution in [2.45, 2.75) is 12.6 Å². The summed E-state index contributed by atoms with van der Waals surface area (Å²) in [5, 5.41) is 2.89. The van der Waals surface area contributed by atoms with Gasteiger partial charge in [0.2, 0.25) is 0 Å². The van der Waals surface area contributed by atoms with Gasteiger partial charge in [-0.3, -0.25) is 9.69 Å². The van der Waals surface area contributed by atoms with Crippen LogP contribution in [0.25, 0.3) is 0 Å². The third-order valence-corrected chi connectivity index (χ3v) is 4.66. The number of amides is 1. The molecule has 0 spiro atoms. The Labute approximate surface area is 162 Å². The molecule has 138 valence electrons. The average molecular weight is 419 g/mol. The fourth-order valence-electron chi connectivity index (χ4n) is 2.87. The van der Waals surface area contributed by atoms with Gasteiger partial charge in [0.15, 0.2) is 6.61 Å². The van der Waals surface area contributed by atoms with Gasteiger partial charge in [-0.1, -0.05) is 52.3 Å². The van der Waals surface area contributed by atoms with E-state index in [0.717, 1.165) is 24.1 Å². The Bertz CT molecular complexity index is 711. The minimum Gasteiger partial charge on any atom is -0.484 e. The van der Waals surface area contributed by atoms with Gasteiger partial charge >= 0.3 is 0 Å². The van der Waals surface area contributed by atoms with Crippen molar-refractivity contribution in [2.24, 2.45) is 0 Å². The molecular formula is C20H23BrN2O3. The summed E-state index contributed by atoms with van der Waals surface area (Å²) in [5.41, 5.74) is 1.29. The second kappa shape index (κ2) is 9.71. The molecule has 1 fully saturated rings. The van der Waals surface area contributed by atoms with Crippen molar-refractivity contribution in [2.75, 3.05) is 32.8 Å². The summed E-state index contributed by atoms with van der Waals surface area (Å²) in [4.78, 5) is 14.4. The molecule has 2 aromatic rings. The van der Waals surface area contributed by atoms with Crippen LogP contribution in [0.15, 0.2) is 59.1 Å². The van der Waals surface area contributed by atoms with Gasteiger partial charge in [-0.15, -0.1) is 0 Å². The van der Waals surface area contributed by atoms with Gasteiger partial charge in [0, 0.05) is 30.7 Å². The van der Waals surface area contributed by atoms with E-state index in [4.69, 9.17) is 9.47 Å². The van der Waals surface area contributed by atoms with Crippen molar-refractivity contribution < 1.29 is 14.3 Å². The van der Waals surface area contributed by atoms with Crippen LogP contribution < -0.4 is 10.1 Å². The molecule has 1 heterocycles. The van der Waals surface area contributed by atoms with E-state index in [9.17, 15) is 4.79 Å². The smallest absolute Gasteiger partial charge is 0.258 e. The van der Waals surface area contributed by atoms with E-state index in [-0.39, 0.29) is 18.6 Å². The number of carbonyl (C=O) groups excluding carboxylic acids is 1. The lowest BCUT2D eigenvalue weighted by Gasteiger charge is -2.33. The van der Waals surface area contributed by atoms with E-state index in [1.165, 1.54) is 5.56 Å². The highest BCUT2D eigenvalue weighted by atomic mass is 79.9. The summed E-state index contributed by atoms with van der Waals surface area (Å²) in [6, 6.07) is 17.8. The van der Waals surface area contributed by atoms with Crippen LogP contribution in [0.1, 0.15) is 5.56 Å². The molecule has 1 N–H and O–H groups in total. The van der Waals surface area contributed by atoms with E-state index in [0.29, 0.717) is 18.9 Å². The first-order valence-corrected chi connectivity index (χ1v) is 9.51. The third kappa shape index (κ3) is 6.12. The van der Waals surface area contributed by atoms with E-state index < -0.39 is 0 Å². The number of carbonyl (C=O) groups is 1. The summed E-state index contributed by atoms with van der Waals surface area (Å²) in [7, 11) is 0. The monoisotopic (exact) mass is 418 g/mol. The number of rotatable bonds is 7. The Balaban J connectivity index is 1.39. The molecule has 0 aromatic heterocycles. The highest BCUT2D eigenvalue weighted by molar-refractivity contribution is 9.10. The Morgan fingerprint density at radius 1 is 1.23 bits per heavy atom. The summed E-state index contributed by atoms with van der Waals surface area (Å²) >= 11 is 3.38. The van der Waals surface area contributed by atoms with Crippen LogP contribution in [0.5, 0.6) is 5.75 Å². The molecule has 0 unspecified atom stereocenters. The summed E-state index contributed by atoms with van der Waals surface area (Å²) < 4.78 is 12.2. The number of benzene rings is 2. The number of nitrogens with zero attached hydrogens (tertiary/aromatic N) is 1. The lowest BCUT2D eigenvalue weighted by molar-refractivity contribution is -0.124. The van der Waals surface area contributed by atoms with Crippen molar-refractivity contribution in [3.8, 4) is 5.75 Å². The molecule has 1 aliphatic heterocycles. The van der Waals surface area contributed by atoms with Crippen LogP contribution in [0.2, 0.25) is 0 Å². The second-order valence-electron chi connectivity index (χ2n) is 6.26. The molecule has 1 amide bonds. The van der Waals surface area contributed by atoms with E-state index in [1.807, 2.05) is 30.3 Å². The number of halogens is 1. The Hall–Kier alpha value is -1.89. The summed E-state index contributed by atoms with van der Waals surface area (Å²) in [6.45, 7) is 3.79. The fourth-order valence-corrected chi connectivity index (χ4v) is 3.25. The van der Waals surface area contributed by atoms with Crippen LogP contribution >= 0.6 is 15.9 Å². The van der Waals surface area contributed by atoms with Gasteiger partial charge in [-0.05, 0) is 23.8 Å². The number of hydrogen-bond donors (Lipinski definition) is 1. The maximum atomic E-state index is 12.0. The Morgan fingerprint density at radius 3 is 2.88 bits per heavy atom. The maximum Gasteiger partial charge on any atom is 0.258 e.